The molecule has 0 spiro atoms. The van der Waals surface area contributed by atoms with Gasteiger partial charge >= 0.3 is 0 Å². The highest BCUT2D eigenvalue weighted by molar-refractivity contribution is 5.95. The van der Waals surface area contributed by atoms with E-state index in [9.17, 15) is 4.91 Å². The molecule has 3 aromatic carbocycles. The van der Waals surface area contributed by atoms with Crippen molar-refractivity contribution in [2.45, 2.75) is 13.5 Å². The number of nitrogens with zero attached hydrogens (tertiary/aromatic N) is 3. The molecule has 0 amide bonds. The molecule has 0 saturated heterocycles. The minimum absolute atomic E-state index is 0.114. The Kier molecular flexibility index (Phi) is 3.97. The van der Waals surface area contributed by atoms with Crippen LogP contribution in [-0.4, -0.2) is 9.55 Å². The molecule has 0 atom stereocenters. The average Bonchev–Trinajstić information content (AvgIpc) is 2.98. The molecule has 2 N–H and O–H groups in total. The van der Waals surface area contributed by atoms with Crippen molar-refractivity contribution < 1.29 is 0 Å². The number of anilines is 1. The molecule has 0 aliphatic rings. The maximum absolute atomic E-state index is 10.8. The highest BCUT2D eigenvalue weighted by atomic mass is 16.3. The molecule has 1 aromatic heterocycles. The fourth-order valence-corrected chi connectivity index (χ4v) is 3.37. The van der Waals surface area contributed by atoms with Gasteiger partial charge in [-0.05, 0) is 54.4 Å². The van der Waals surface area contributed by atoms with Crippen molar-refractivity contribution in [3.63, 3.8) is 0 Å². The number of hydrogen-bond donors (Lipinski definition) is 1. The summed E-state index contributed by atoms with van der Waals surface area (Å²) in [5.41, 5.74) is 12.4. The molecule has 5 nitrogen and oxygen atoms in total. The van der Waals surface area contributed by atoms with Gasteiger partial charge in [-0.15, -0.1) is 0 Å². The third-order valence-corrected chi connectivity index (χ3v) is 4.44. The van der Waals surface area contributed by atoms with Crippen LogP contribution < -0.4 is 5.73 Å². The highest BCUT2D eigenvalue weighted by Crippen LogP contribution is 2.34. The van der Waals surface area contributed by atoms with Crippen molar-refractivity contribution in [1.82, 2.24) is 9.55 Å². The predicted molar refractivity (Wildman–Crippen MR) is 105 cm³/mol. The molecule has 5 heteroatoms. The predicted octanol–water partition coefficient (Wildman–Crippen LogP) is 4.85. The molecular formula is C21H18N4O. The molecule has 0 aliphatic heterocycles. The number of rotatable bonds is 4. The summed E-state index contributed by atoms with van der Waals surface area (Å²) in [7, 11) is 0. The molecule has 0 fully saturated rings. The fourth-order valence-electron chi connectivity index (χ4n) is 3.37. The van der Waals surface area contributed by atoms with Gasteiger partial charge in [0.1, 0.15) is 12.4 Å². The van der Waals surface area contributed by atoms with Crippen LogP contribution in [0.25, 0.3) is 27.8 Å². The molecule has 0 saturated carbocycles. The van der Waals surface area contributed by atoms with Crippen LogP contribution in [0.4, 0.5) is 5.69 Å². The van der Waals surface area contributed by atoms with Crippen molar-refractivity contribution in [2.24, 2.45) is 5.18 Å². The van der Waals surface area contributed by atoms with Crippen LogP contribution in [0.2, 0.25) is 0 Å². The van der Waals surface area contributed by atoms with Crippen LogP contribution in [0.3, 0.4) is 0 Å². The Bertz CT molecular complexity index is 1100. The first-order valence-electron chi connectivity index (χ1n) is 8.40. The molecule has 0 radical (unpaired) electrons. The summed E-state index contributed by atoms with van der Waals surface area (Å²) in [5, 5.41) is 3.04. The van der Waals surface area contributed by atoms with E-state index in [0.717, 1.165) is 39.2 Å². The second-order valence-electron chi connectivity index (χ2n) is 6.25. The number of aryl methyl sites for hydroxylation is 1. The van der Waals surface area contributed by atoms with E-state index in [1.807, 2.05) is 61.5 Å². The minimum atomic E-state index is 0.114. The Hall–Kier alpha value is -3.47. The van der Waals surface area contributed by atoms with Crippen LogP contribution in [-0.2, 0) is 6.54 Å². The quantitative estimate of drug-likeness (QED) is 0.425. The second kappa shape index (κ2) is 6.44. The van der Waals surface area contributed by atoms with Crippen molar-refractivity contribution in [3.8, 4) is 16.8 Å². The van der Waals surface area contributed by atoms with Gasteiger partial charge in [0, 0.05) is 16.9 Å². The number of imidazole rings is 1. The number of fused-ring (bicyclic) bond motifs is 1. The van der Waals surface area contributed by atoms with Crippen LogP contribution in [0, 0.1) is 11.8 Å². The Labute approximate surface area is 151 Å². The second-order valence-corrected chi connectivity index (χ2v) is 6.25. The summed E-state index contributed by atoms with van der Waals surface area (Å²) in [6.07, 6.45) is 0. The summed E-state index contributed by atoms with van der Waals surface area (Å²) >= 11 is 0. The summed E-state index contributed by atoms with van der Waals surface area (Å²) in [6, 6.07) is 21.8. The summed E-state index contributed by atoms with van der Waals surface area (Å²) in [6.45, 7) is 2.09. The summed E-state index contributed by atoms with van der Waals surface area (Å²) in [4.78, 5) is 15.5. The van der Waals surface area contributed by atoms with Gasteiger partial charge in [-0.3, -0.25) is 4.57 Å². The van der Waals surface area contributed by atoms with Gasteiger partial charge in [-0.1, -0.05) is 35.5 Å². The minimum Gasteiger partial charge on any atom is -0.399 e. The Balaban J connectivity index is 2.08. The summed E-state index contributed by atoms with van der Waals surface area (Å²) < 4.78 is 2.13. The van der Waals surface area contributed by atoms with E-state index >= 15 is 0 Å². The van der Waals surface area contributed by atoms with Crippen LogP contribution in [0.1, 0.15) is 11.4 Å². The molecule has 0 aliphatic carbocycles. The number of nitrogen functional groups attached to an aromatic ring is 1. The molecule has 4 rings (SSSR count). The van der Waals surface area contributed by atoms with Crippen molar-refractivity contribution in [3.05, 3.63) is 83.0 Å². The van der Waals surface area contributed by atoms with Gasteiger partial charge < -0.3 is 5.73 Å². The molecule has 0 bridgehead atoms. The monoisotopic (exact) mass is 342 g/mol. The highest BCUT2D eigenvalue weighted by Gasteiger charge is 2.16. The Morgan fingerprint density at radius 1 is 1.04 bits per heavy atom. The standard InChI is InChI=1S/C21H18N4O/c1-14-24-20-11-15(13-23-26)10-19(16-6-5-7-17(22)12-16)21(20)25(14)18-8-3-2-4-9-18/h2-12H,13,22H2,1H3. The molecule has 26 heavy (non-hydrogen) atoms. The number of benzene rings is 3. The first-order chi connectivity index (χ1) is 12.7. The maximum atomic E-state index is 10.8. The zero-order chi connectivity index (χ0) is 18.1. The van der Waals surface area contributed by atoms with Gasteiger partial charge in [0.25, 0.3) is 0 Å². The number of nitroso groups, excluding NO2 is 1. The number of aromatic nitrogens is 2. The van der Waals surface area contributed by atoms with Crippen LogP contribution >= 0.6 is 0 Å². The van der Waals surface area contributed by atoms with E-state index in [0.29, 0.717) is 5.69 Å². The lowest BCUT2D eigenvalue weighted by atomic mass is 10.00. The van der Waals surface area contributed by atoms with Gasteiger partial charge in [0.2, 0.25) is 0 Å². The zero-order valence-electron chi connectivity index (χ0n) is 14.4. The van der Waals surface area contributed by atoms with E-state index in [4.69, 9.17) is 10.7 Å². The fraction of sp³-hybridized carbons (Fsp3) is 0.0952. The first-order valence-corrected chi connectivity index (χ1v) is 8.40. The third kappa shape index (κ3) is 2.73. The smallest absolute Gasteiger partial charge is 0.111 e. The van der Waals surface area contributed by atoms with E-state index in [1.165, 1.54) is 0 Å². The lowest BCUT2D eigenvalue weighted by Gasteiger charge is -2.12. The third-order valence-electron chi connectivity index (χ3n) is 4.44. The van der Waals surface area contributed by atoms with E-state index in [-0.39, 0.29) is 6.54 Å². The first kappa shape index (κ1) is 16.0. The molecule has 128 valence electrons. The number of nitrogens with two attached hydrogens (primary N) is 1. The summed E-state index contributed by atoms with van der Waals surface area (Å²) in [5.74, 6) is 0.882. The van der Waals surface area contributed by atoms with Crippen LogP contribution in [0.5, 0.6) is 0 Å². The van der Waals surface area contributed by atoms with Gasteiger partial charge in [0.05, 0.1) is 11.0 Å². The van der Waals surface area contributed by atoms with Crippen molar-refractivity contribution >= 4 is 16.7 Å². The largest absolute Gasteiger partial charge is 0.399 e. The van der Waals surface area contributed by atoms with E-state index < -0.39 is 0 Å². The topological polar surface area (TPSA) is 73.3 Å². The van der Waals surface area contributed by atoms with Crippen LogP contribution in [0.15, 0.2) is 71.9 Å². The lowest BCUT2D eigenvalue weighted by Crippen LogP contribution is -1.98. The molecular weight excluding hydrogens is 324 g/mol. The lowest BCUT2D eigenvalue weighted by molar-refractivity contribution is 1.00. The number of hydrogen-bond acceptors (Lipinski definition) is 4. The molecule has 4 aromatic rings. The maximum Gasteiger partial charge on any atom is 0.111 e. The van der Waals surface area contributed by atoms with Gasteiger partial charge in [-0.25, -0.2) is 4.98 Å². The molecule has 1 heterocycles. The average molecular weight is 342 g/mol. The van der Waals surface area contributed by atoms with Crippen molar-refractivity contribution in [1.29, 1.82) is 0 Å². The Morgan fingerprint density at radius 2 is 1.85 bits per heavy atom. The van der Waals surface area contributed by atoms with E-state index in [2.05, 4.69) is 21.9 Å². The van der Waals surface area contributed by atoms with Crippen molar-refractivity contribution in [2.75, 3.05) is 5.73 Å². The Morgan fingerprint density at radius 3 is 2.58 bits per heavy atom. The van der Waals surface area contributed by atoms with Gasteiger partial charge in [0.15, 0.2) is 0 Å². The number of para-hydroxylation sites is 1. The molecule has 0 unspecified atom stereocenters. The normalized spacial score (nSPS) is 11.0. The zero-order valence-corrected chi connectivity index (χ0v) is 14.4. The van der Waals surface area contributed by atoms with E-state index in [1.54, 1.807) is 0 Å². The SMILES string of the molecule is Cc1nc2cc(CN=O)cc(-c3cccc(N)c3)c2n1-c1ccccc1. The van der Waals surface area contributed by atoms with Gasteiger partial charge in [-0.2, -0.15) is 4.91 Å².